The van der Waals surface area contributed by atoms with E-state index in [2.05, 4.69) is 5.32 Å². The van der Waals surface area contributed by atoms with E-state index in [-0.39, 0.29) is 13.2 Å². The Balaban J connectivity index is 3.76. The van der Waals surface area contributed by atoms with Crippen molar-refractivity contribution in [2.24, 2.45) is 0 Å². The largest absolute Gasteiger partial charge is 0.472 e. The van der Waals surface area contributed by atoms with Gasteiger partial charge < -0.3 is 14.7 Å². The zero-order valence-electron chi connectivity index (χ0n) is 15.6. The molecule has 0 aliphatic carbocycles. The quantitative estimate of drug-likeness (QED) is 0.244. The Labute approximate surface area is 147 Å². The van der Waals surface area contributed by atoms with E-state index in [1.807, 2.05) is 21.1 Å². The summed E-state index contributed by atoms with van der Waals surface area (Å²) >= 11 is 0. The van der Waals surface area contributed by atoms with E-state index in [9.17, 15) is 9.46 Å². The molecule has 0 heterocycles. The van der Waals surface area contributed by atoms with Gasteiger partial charge in [0.25, 0.3) is 0 Å². The maximum absolute atomic E-state index is 11.7. The first-order valence-corrected chi connectivity index (χ1v) is 10.8. The molecule has 0 fully saturated rings. The highest BCUT2D eigenvalue weighted by atomic mass is 32.3. The van der Waals surface area contributed by atoms with Crippen molar-refractivity contribution in [3.05, 3.63) is 0 Å². The molecule has 0 radical (unpaired) electrons. The summed E-state index contributed by atoms with van der Waals surface area (Å²) in [6, 6.07) is 0. The molecular weight excluding hydrogens is 359 g/mol. The molecule has 0 aliphatic rings. The third kappa shape index (κ3) is 11.8. The van der Waals surface area contributed by atoms with E-state index in [1.165, 1.54) is 0 Å². The molecule has 11 heteroatoms. The van der Waals surface area contributed by atoms with Crippen LogP contribution in [-0.2, 0) is 26.2 Å². The number of phosphoric ester groups is 1. The standard InChI is InChI=1S/C13H33N2O7PS/c1-15(2,3)10-12-22-23(16,17)21-11-9-14-8-7-13-24(18-4,19-5)20-6/h14H,7-13H2,1-6H3/p+1. The first kappa shape index (κ1) is 24.3. The van der Waals surface area contributed by atoms with Gasteiger partial charge in [0.1, 0.15) is 13.2 Å². The van der Waals surface area contributed by atoms with Gasteiger partial charge in [-0.1, -0.05) is 0 Å². The van der Waals surface area contributed by atoms with Crippen molar-refractivity contribution in [3.63, 3.8) is 0 Å². The number of rotatable bonds is 15. The molecule has 0 rings (SSSR count). The van der Waals surface area contributed by atoms with Crippen molar-refractivity contribution in [3.8, 4) is 0 Å². The molecule has 1 unspecified atom stereocenters. The number of phosphoric acid groups is 1. The predicted molar refractivity (Wildman–Crippen MR) is 95.6 cm³/mol. The van der Waals surface area contributed by atoms with Gasteiger partial charge in [0.15, 0.2) is 0 Å². The lowest BCUT2D eigenvalue weighted by Gasteiger charge is -2.33. The molecule has 0 aromatic rings. The Morgan fingerprint density at radius 1 is 1.00 bits per heavy atom. The topological polar surface area (TPSA) is 95.5 Å². The zero-order valence-corrected chi connectivity index (χ0v) is 17.4. The van der Waals surface area contributed by atoms with Gasteiger partial charge in [-0.15, -0.1) is 0 Å². The first-order chi connectivity index (χ1) is 11.1. The number of likely N-dealkylation sites (N-methyl/N-ethyl adjacent to an activating group) is 1. The third-order valence-electron chi connectivity index (χ3n) is 3.06. The van der Waals surface area contributed by atoms with Crippen molar-refractivity contribution >= 4 is 18.7 Å². The summed E-state index contributed by atoms with van der Waals surface area (Å²) in [6.07, 6.45) is 0.779. The fraction of sp³-hybridized carbons (Fsp3) is 1.00. The monoisotopic (exact) mass is 393 g/mol. The van der Waals surface area contributed by atoms with Crippen LogP contribution < -0.4 is 5.32 Å². The second kappa shape index (κ2) is 11.8. The van der Waals surface area contributed by atoms with Crippen LogP contribution in [0, 0.1) is 0 Å². The lowest BCUT2D eigenvalue weighted by Crippen LogP contribution is -2.37. The highest BCUT2D eigenvalue weighted by molar-refractivity contribution is 8.21. The summed E-state index contributed by atoms with van der Waals surface area (Å²) in [6.45, 7) is 2.01. The third-order valence-corrected chi connectivity index (χ3v) is 6.39. The van der Waals surface area contributed by atoms with Crippen molar-refractivity contribution in [2.75, 3.05) is 81.1 Å². The van der Waals surface area contributed by atoms with Crippen LogP contribution in [0.1, 0.15) is 6.42 Å². The van der Waals surface area contributed by atoms with Crippen LogP contribution in [0.4, 0.5) is 0 Å². The number of nitrogens with zero attached hydrogens (tertiary/aromatic N) is 1. The van der Waals surface area contributed by atoms with Crippen molar-refractivity contribution in [1.29, 1.82) is 0 Å². The van der Waals surface area contributed by atoms with Gasteiger partial charge >= 0.3 is 7.82 Å². The van der Waals surface area contributed by atoms with E-state index in [0.29, 0.717) is 29.9 Å². The van der Waals surface area contributed by atoms with E-state index < -0.39 is 18.7 Å². The highest BCUT2D eigenvalue weighted by Gasteiger charge is 2.23. The predicted octanol–water partition coefficient (Wildman–Crippen LogP) is 1.29. The molecule has 2 N–H and O–H groups in total. The molecule has 0 spiro atoms. The minimum atomic E-state index is -3.98. The fourth-order valence-electron chi connectivity index (χ4n) is 1.65. The molecule has 9 nitrogen and oxygen atoms in total. The molecule has 0 aliphatic heterocycles. The van der Waals surface area contributed by atoms with E-state index in [0.717, 1.165) is 6.42 Å². The smallest absolute Gasteiger partial charge is 0.329 e. The Bertz CT molecular complexity index is 370. The van der Waals surface area contributed by atoms with Gasteiger partial charge in [-0.2, -0.15) is 0 Å². The second-order valence-electron chi connectivity index (χ2n) is 6.01. The summed E-state index contributed by atoms with van der Waals surface area (Å²) in [4.78, 5) is 9.55. The molecular formula is C13H34N2O7PS+. The minimum Gasteiger partial charge on any atom is -0.329 e. The number of quaternary nitrogens is 1. The summed E-state index contributed by atoms with van der Waals surface area (Å²) < 4.78 is 37.9. The van der Waals surface area contributed by atoms with Gasteiger partial charge in [0.2, 0.25) is 0 Å². The molecule has 1 atom stereocenters. The second-order valence-corrected chi connectivity index (χ2v) is 9.99. The molecule has 0 bridgehead atoms. The van der Waals surface area contributed by atoms with Crippen LogP contribution >= 0.6 is 18.7 Å². The average molecular weight is 393 g/mol. The van der Waals surface area contributed by atoms with Crippen LogP contribution in [0.3, 0.4) is 0 Å². The molecule has 0 aromatic heterocycles. The zero-order chi connectivity index (χ0) is 18.7. The first-order valence-electron chi connectivity index (χ1n) is 7.70. The Kier molecular flexibility index (Phi) is 11.9. The summed E-state index contributed by atoms with van der Waals surface area (Å²) in [5.74, 6) is 0.636. The Morgan fingerprint density at radius 2 is 1.54 bits per heavy atom. The number of nitrogens with one attached hydrogen (secondary N) is 1. The molecule has 0 aromatic carbocycles. The van der Waals surface area contributed by atoms with Crippen molar-refractivity contribution in [2.45, 2.75) is 6.42 Å². The fourth-order valence-corrected chi connectivity index (χ4v) is 3.77. The maximum atomic E-state index is 11.7. The molecule has 148 valence electrons. The van der Waals surface area contributed by atoms with Gasteiger partial charge in [-0.25, -0.2) is 4.57 Å². The van der Waals surface area contributed by atoms with E-state index in [1.54, 1.807) is 21.3 Å². The van der Waals surface area contributed by atoms with Crippen LogP contribution in [0.5, 0.6) is 0 Å². The van der Waals surface area contributed by atoms with Crippen LogP contribution in [-0.4, -0.2) is 90.4 Å². The van der Waals surface area contributed by atoms with Crippen LogP contribution in [0.15, 0.2) is 0 Å². The van der Waals surface area contributed by atoms with E-state index >= 15 is 0 Å². The Morgan fingerprint density at radius 3 is 2.04 bits per heavy atom. The highest BCUT2D eigenvalue weighted by Crippen LogP contribution is 2.49. The lowest BCUT2D eigenvalue weighted by molar-refractivity contribution is -0.870. The lowest BCUT2D eigenvalue weighted by atomic mass is 10.5. The van der Waals surface area contributed by atoms with Gasteiger partial charge in [0, 0.05) is 12.3 Å². The van der Waals surface area contributed by atoms with Crippen molar-refractivity contribution in [1.82, 2.24) is 5.32 Å². The normalized spacial score (nSPS) is 16.1. The minimum absolute atomic E-state index is 0.0922. The average Bonchev–Trinajstić information content (AvgIpc) is 2.49. The van der Waals surface area contributed by atoms with Gasteiger partial charge in [-0.3, -0.25) is 21.6 Å². The summed E-state index contributed by atoms with van der Waals surface area (Å²) in [5.41, 5.74) is 0. The summed E-state index contributed by atoms with van der Waals surface area (Å²) in [7, 11) is 4.69. The maximum Gasteiger partial charge on any atom is 0.472 e. The molecule has 0 saturated heterocycles. The summed E-state index contributed by atoms with van der Waals surface area (Å²) in [5, 5.41) is 3.11. The van der Waals surface area contributed by atoms with Crippen LogP contribution in [0.2, 0.25) is 0 Å². The Hall–Kier alpha value is 0.260. The van der Waals surface area contributed by atoms with Crippen LogP contribution in [0.25, 0.3) is 0 Å². The molecule has 0 saturated carbocycles. The van der Waals surface area contributed by atoms with E-state index in [4.69, 9.17) is 21.6 Å². The van der Waals surface area contributed by atoms with Gasteiger partial charge in [-0.05, 0) is 13.0 Å². The number of hydrogen-bond acceptors (Lipinski definition) is 7. The van der Waals surface area contributed by atoms with Crippen molar-refractivity contribution < 1.29 is 35.5 Å². The SMILES string of the molecule is COS(CCCNCCOP(=O)(O)OCC[N+](C)(C)C)(OC)OC. The molecule has 24 heavy (non-hydrogen) atoms. The van der Waals surface area contributed by atoms with Gasteiger partial charge in [0.05, 0.1) is 59.9 Å². The molecule has 0 amide bonds. The number of hydrogen-bond donors (Lipinski definition) is 2.